The van der Waals surface area contributed by atoms with Gasteiger partial charge in [-0.3, -0.25) is 4.79 Å². The molecule has 2 unspecified atom stereocenters. The van der Waals surface area contributed by atoms with Crippen LogP contribution in [0.2, 0.25) is 0 Å². The highest BCUT2D eigenvalue weighted by Gasteiger charge is 2.22. The number of sulfonamides is 1. The monoisotopic (exact) mass is 440 g/mol. The summed E-state index contributed by atoms with van der Waals surface area (Å²) in [6.07, 6.45) is 3.26. The number of nitrogens with one attached hydrogen (secondary N) is 2. The minimum Gasteiger partial charge on any atom is -0.467 e. The van der Waals surface area contributed by atoms with E-state index in [4.69, 9.17) is 9.15 Å². The van der Waals surface area contributed by atoms with Gasteiger partial charge in [0.05, 0.1) is 17.3 Å². The van der Waals surface area contributed by atoms with E-state index in [0.717, 1.165) is 18.4 Å². The molecule has 0 bridgehead atoms. The van der Waals surface area contributed by atoms with Gasteiger partial charge < -0.3 is 14.5 Å². The fraction of sp³-hybridized carbons (Fsp3) is 0.261. The number of carbonyl (C=O) groups excluding carboxylic acids is 1. The SMILES string of the molecule is O=C(NC(c1ccccc1)c1ccco1)c1ccc(S(=O)(=O)NCC2CCCO2)cc1. The van der Waals surface area contributed by atoms with Gasteiger partial charge in [-0.2, -0.15) is 0 Å². The molecule has 0 saturated carbocycles. The van der Waals surface area contributed by atoms with Crippen LogP contribution in [0.3, 0.4) is 0 Å². The Bertz CT molecular complexity index is 1090. The highest BCUT2D eigenvalue weighted by molar-refractivity contribution is 7.89. The molecule has 2 atom stereocenters. The molecular formula is C23H24N2O5S. The molecule has 1 amide bonds. The lowest BCUT2D eigenvalue weighted by Crippen LogP contribution is -2.32. The van der Waals surface area contributed by atoms with E-state index < -0.39 is 16.1 Å². The van der Waals surface area contributed by atoms with Crippen molar-refractivity contribution in [3.05, 3.63) is 89.9 Å². The van der Waals surface area contributed by atoms with Crippen molar-refractivity contribution in [1.29, 1.82) is 0 Å². The number of hydrogen-bond acceptors (Lipinski definition) is 5. The molecule has 1 saturated heterocycles. The molecule has 7 nitrogen and oxygen atoms in total. The largest absolute Gasteiger partial charge is 0.467 e. The molecule has 0 aliphatic carbocycles. The first-order valence-electron chi connectivity index (χ1n) is 10.1. The minimum atomic E-state index is -3.67. The van der Waals surface area contributed by atoms with E-state index in [0.29, 0.717) is 17.9 Å². The van der Waals surface area contributed by atoms with Crippen LogP contribution in [0, 0.1) is 0 Å². The van der Waals surface area contributed by atoms with Crippen molar-refractivity contribution in [3.63, 3.8) is 0 Å². The quantitative estimate of drug-likeness (QED) is 0.560. The minimum absolute atomic E-state index is 0.0867. The highest BCUT2D eigenvalue weighted by Crippen LogP contribution is 2.23. The van der Waals surface area contributed by atoms with Crippen LogP contribution in [0.5, 0.6) is 0 Å². The summed E-state index contributed by atoms with van der Waals surface area (Å²) in [6, 6.07) is 18.5. The molecule has 3 aromatic rings. The topological polar surface area (TPSA) is 97.6 Å². The van der Waals surface area contributed by atoms with Crippen LogP contribution >= 0.6 is 0 Å². The number of carbonyl (C=O) groups is 1. The Hall–Kier alpha value is -2.94. The van der Waals surface area contributed by atoms with E-state index in [1.807, 2.05) is 30.3 Å². The maximum Gasteiger partial charge on any atom is 0.252 e. The van der Waals surface area contributed by atoms with Gasteiger partial charge in [0.1, 0.15) is 11.8 Å². The summed E-state index contributed by atoms with van der Waals surface area (Å²) in [7, 11) is -3.67. The van der Waals surface area contributed by atoms with E-state index in [1.54, 1.807) is 18.4 Å². The van der Waals surface area contributed by atoms with Crippen LogP contribution in [0.15, 0.2) is 82.3 Å². The van der Waals surface area contributed by atoms with Crippen molar-refractivity contribution in [2.45, 2.75) is 29.9 Å². The normalized spacial score (nSPS) is 17.4. The Morgan fingerprint density at radius 1 is 1.03 bits per heavy atom. The first-order chi connectivity index (χ1) is 15.0. The summed E-state index contributed by atoms with van der Waals surface area (Å²) in [5.41, 5.74) is 1.23. The lowest BCUT2D eigenvalue weighted by molar-refractivity contribution is 0.0939. The maximum atomic E-state index is 12.8. The van der Waals surface area contributed by atoms with E-state index in [9.17, 15) is 13.2 Å². The Kier molecular flexibility index (Phi) is 6.50. The molecule has 1 aromatic heterocycles. The number of hydrogen-bond donors (Lipinski definition) is 2. The van der Waals surface area contributed by atoms with Crippen LogP contribution < -0.4 is 10.0 Å². The van der Waals surface area contributed by atoms with E-state index >= 15 is 0 Å². The van der Waals surface area contributed by atoms with Crippen molar-refractivity contribution >= 4 is 15.9 Å². The van der Waals surface area contributed by atoms with Crippen LogP contribution in [-0.4, -0.2) is 33.6 Å². The fourth-order valence-electron chi connectivity index (χ4n) is 3.51. The first-order valence-corrected chi connectivity index (χ1v) is 11.6. The van der Waals surface area contributed by atoms with E-state index in [1.165, 1.54) is 24.3 Å². The van der Waals surface area contributed by atoms with Crippen LogP contribution in [0.4, 0.5) is 0 Å². The van der Waals surface area contributed by atoms with Crippen molar-refractivity contribution < 1.29 is 22.4 Å². The zero-order valence-electron chi connectivity index (χ0n) is 16.9. The average Bonchev–Trinajstić information content (AvgIpc) is 3.51. The van der Waals surface area contributed by atoms with Gasteiger partial charge in [0.15, 0.2) is 0 Å². The second-order valence-electron chi connectivity index (χ2n) is 7.34. The summed E-state index contributed by atoms with van der Waals surface area (Å²) >= 11 is 0. The number of amides is 1. The van der Waals surface area contributed by atoms with E-state index in [2.05, 4.69) is 10.0 Å². The molecule has 2 N–H and O–H groups in total. The number of ether oxygens (including phenoxy) is 1. The molecule has 0 radical (unpaired) electrons. The third-order valence-electron chi connectivity index (χ3n) is 5.19. The summed E-state index contributed by atoms with van der Waals surface area (Å²) in [4.78, 5) is 13.0. The Morgan fingerprint density at radius 2 is 1.81 bits per heavy atom. The molecule has 1 fully saturated rings. The number of rotatable bonds is 8. The van der Waals surface area contributed by atoms with Crippen molar-refractivity contribution in [2.75, 3.05) is 13.2 Å². The molecule has 1 aliphatic heterocycles. The van der Waals surface area contributed by atoms with Crippen LogP contribution in [0.1, 0.15) is 40.6 Å². The highest BCUT2D eigenvalue weighted by atomic mass is 32.2. The smallest absolute Gasteiger partial charge is 0.252 e. The standard InChI is InChI=1S/C23H24N2O5S/c26-23(25-22(21-9-5-15-30-21)17-6-2-1-3-7-17)18-10-12-20(13-11-18)31(27,28)24-16-19-8-4-14-29-19/h1-3,5-7,9-13,15,19,22,24H,4,8,14,16H2,(H,25,26). The van der Waals surface area contributed by atoms with E-state index in [-0.39, 0.29) is 23.5 Å². The molecule has 0 spiro atoms. The van der Waals surface area contributed by atoms with Gasteiger partial charge in [0.25, 0.3) is 5.91 Å². The second kappa shape index (κ2) is 9.47. The van der Waals surface area contributed by atoms with Crippen LogP contribution in [-0.2, 0) is 14.8 Å². The van der Waals surface area contributed by atoms with Gasteiger partial charge in [0, 0.05) is 18.7 Å². The third-order valence-corrected chi connectivity index (χ3v) is 6.63. The lowest BCUT2D eigenvalue weighted by Gasteiger charge is -2.17. The summed E-state index contributed by atoms with van der Waals surface area (Å²) in [5.74, 6) is 0.276. The van der Waals surface area contributed by atoms with Gasteiger partial charge in [-0.25, -0.2) is 13.1 Å². The first kappa shape index (κ1) is 21.3. The Labute approximate surface area is 181 Å². The third kappa shape index (κ3) is 5.22. The van der Waals surface area contributed by atoms with Gasteiger partial charge in [-0.1, -0.05) is 30.3 Å². The molecule has 2 heterocycles. The predicted octanol–water partition coefficient (Wildman–Crippen LogP) is 3.26. The molecule has 1 aliphatic rings. The molecule has 4 rings (SSSR count). The zero-order chi connectivity index (χ0) is 21.7. The van der Waals surface area contributed by atoms with Crippen molar-refractivity contribution in [2.24, 2.45) is 0 Å². The number of furan rings is 1. The summed E-state index contributed by atoms with van der Waals surface area (Å²) in [6.45, 7) is 0.907. The Morgan fingerprint density at radius 3 is 2.45 bits per heavy atom. The van der Waals surface area contributed by atoms with Gasteiger partial charge >= 0.3 is 0 Å². The molecule has 31 heavy (non-hydrogen) atoms. The lowest BCUT2D eigenvalue weighted by atomic mass is 10.0. The van der Waals surface area contributed by atoms with Crippen molar-refractivity contribution in [3.8, 4) is 0 Å². The van der Waals surface area contributed by atoms with Crippen LogP contribution in [0.25, 0.3) is 0 Å². The molecule has 8 heteroatoms. The van der Waals surface area contributed by atoms with Crippen molar-refractivity contribution in [1.82, 2.24) is 10.0 Å². The van der Waals surface area contributed by atoms with Gasteiger partial charge in [-0.15, -0.1) is 0 Å². The second-order valence-corrected chi connectivity index (χ2v) is 9.11. The molecule has 162 valence electrons. The fourth-order valence-corrected chi connectivity index (χ4v) is 4.58. The zero-order valence-corrected chi connectivity index (χ0v) is 17.7. The summed E-state index contributed by atoms with van der Waals surface area (Å²) < 4.78 is 38.5. The maximum absolute atomic E-state index is 12.8. The average molecular weight is 441 g/mol. The predicted molar refractivity (Wildman–Crippen MR) is 115 cm³/mol. The molecule has 2 aromatic carbocycles. The molecular weight excluding hydrogens is 416 g/mol. The van der Waals surface area contributed by atoms with Gasteiger partial charge in [-0.05, 0) is 54.8 Å². The number of benzene rings is 2. The summed E-state index contributed by atoms with van der Waals surface area (Å²) in [5, 5.41) is 2.96. The Balaban J connectivity index is 1.46. The van der Waals surface area contributed by atoms with Gasteiger partial charge in [0.2, 0.25) is 10.0 Å².